The van der Waals surface area contributed by atoms with E-state index in [9.17, 15) is 9.59 Å². The average Bonchev–Trinajstić information content (AvgIpc) is 2.49. The molecule has 0 radical (unpaired) electrons. The fraction of sp³-hybridized carbons (Fsp3) is 0.429. The first-order valence-corrected chi connectivity index (χ1v) is 6.28. The number of rotatable bonds is 7. The predicted molar refractivity (Wildman–Crippen MR) is 73.1 cm³/mol. The number of methoxy groups -OCH3 is 2. The number of benzene rings is 1. The van der Waals surface area contributed by atoms with Crippen LogP contribution in [0.3, 0.4) is 0 Å². The Hall–Kier alpha value is -2.24. The molecule has 1 aromatic carbocycles. The van der Waals surface area contributed by atoms with Crippen molar-refractivity contribution in [2.45, 2.75) is 13.3 Å². The van der Waals surface area contributed by atoms with E-state index in [1.165, 1.54) is 20.3 Å². The number of nitrogens with one attached hydrogen (secondary N) is 1. The largest absolute Gasteiger partial charge is 0.493 e. The van der Waals surface area contributed by atoms with Gasteiger partial charge < -0.3 is 19.5 Å². The molecule has 0 saturated heterocycles. The SMILES string of the molecule is CCCNC(=O)COC(=O)c1ccc(OC)c(OC)c1. The van der Waals surface area contributed by atoms with Crippen LogP contribution in [0.5, 0.6) is 11.5 Å². The van der Waals surface area contributed by atoms with E-state index in [2.05, 4.69) is 5.32 Å². The lowest BCUT2D eigenvalue weighted by atomic mass is 10.2. The highest BCUT2D eigenvalue weighted by Crippen LogP contribution is 2.27. The summed E-state index contributed by atoms with van der Waals surface area (Å²) in [7, 11) is 2.99. The highest BCUT2D eigenvalue weighted by Gasteiger charge is 2.13. The highest BCUT2D eigenvalue weighted by atomic mass is 16.5. The van der Waals surface area contributed by atoms with E-state index in [0.717, 1.165) is 6.42 Å². The van der Waals surface area contributed by atoms with Crippen LogP contribution in [0.1, 0.15) is 23.7 Å². The maximum absolute atomic E-state index is 11.8. The van der Waals surface area contributed by atoms with Crippen molar-refractivity contribution in [2.75, 3.05) is 27.4 Å². The standard InChI is InChI=1S/C14H19NO5/c1-4-7-15-13(16)9-20-14(17)10-5-6-11(18-2)12(8-10)19-3/h5-6,8H,4,7,9H2,1-3H3,(H,15,16). The monoisotopic (exact) mass is 281 g/mol. The minimum atomic E-state index is -0.586. The van der Waals surface area contributed by atoms with Crippen molar-refractivity contribution in [1.29, 1.82) is 0 Å². The smallest absolute Gasteiger partial charge is 0.338 e. The van der Waals surface area contributed by atoms with Crippen molar-refractivity contribution in [2.24, 2.45) is 0 Å². The van der Waals surface area contributed by atoms with Crippen molar-refractivity contribution in [3.63, 3.8) is 0 Å². The number of hydrogen-bond acceptors (Lipinski definition) is 5. The molecule has 110 valence electrons. The van der Waals surface area contributed by atoms with Crippen molar-refractivity contribution < 1.29 is 23.8 Å². The molecule has 0 bridgehead atoms. The highest BCUT2D eigenvalue weighted by molar-refractivity contribution is 5.92. The molecular weight excluding hydrogens is 262 g/mol. The van der Waals surface area contributed by atoms with Crippen LogP contribution in [-0.4, -0.2) is 39.2 Å². The molecule has 1 aromatic rings. The van der Waals surface area contributed by atoms with Gasteiger partial charge in [-0.2, -0.15) is 0 Å². The maximum atomic E-state index is 11.8. The van der Waals surface area contributed by atoms with E-state index < -0.39 is 5.97 Å². The summed E-state index contributed by atoms with van der Waals surface area (Å²) in [6.45, 7) is 2.20. The Labute approximate surface area is 118 Å². The second-order valence-electron chi connectivity index (χ2n) is 4.00. The van der Waals surface area contributed by atoms with E-state index >= 15 is 0 Å². The second-order valence-corrected chi connectivity index (χ2v) is 4.00. The average molecular weight is 281 g/mol. The Balaban J connectivity index is 2.61. The van der Waals surface area contributed by atoms with Gasteiger partial charge in [-0.1, -0.05) is 6.92 Å². The molecule has 20 heavy (non-hydrogen) atoms. The van der Waals surface area contributed by atoms with E-state index in [1.807, 2.05) is 6.92 Å². The van der Waals surface area contributed by atoms with Crippen LogP contribution < -0.4 is 14.8 Å². The van der Waals surface area contributed by atoms with E-state index in [-0.39, 0.29) is 12.5 Å². The van der Waals surface area contributed by atoms with Crippen molar-refractivity contribution in [3.8, 4) is 11.5 Å². The molecule has 0 spiro atoms. The van der Waals surface area contributed by atoms with Crippen LogP contribution in [0, 0.1) is 0 Å². The number of ether oxygens (including phenoxy) is 3. The number of amides is 1. The van der Waals surface area contributed by atoms with Gasteiger partial charge in [-0.25, -0.2) is 4.79 Å². The summed E-state index contributed by atoms with van der Waals surface area (Å²) < 4.78 is 15.1. The zero-order chi connectivity index (χ0) is 15.0. The molecular formula is C14H19NO5. The van der Waals surface area contributed by atoms with E-state index in [4.69, 9.17) is 14.2 Å². The van der Waals surface area contributed by atoms with Crippen molar-refractivity contribution in [3.05, 3.63) is 23.8 Å². The molecule has 6 heteroatoms. The summed E-state index contributed by atoms with van der Waals surface area (Å²) in [5.74, 6) is 0.0420. The topological polar surface area (TPSA) is 73.9 Å². The molecule has 0 aliphatic rings. The molecule has 6 nitrogen and oxygen atoms in total. The molecule has 1 rings (SSSR count). The molecule has 0 aromatic heterocycles. The Morgan fingerprint density at radius 2 is 1.85 bits per heavy atom. The van der Waals surface area contributed by atoms with Crippen LogP contribution >= 0.6 is 0 Å². The van der Waals surface area contributed by atoms with Gasteiger partial charge in [0.05, 0.1) is 19.8 Å². The first kappa shape index (κ1) is 15.8. The molecule has 0 saturated carbocycles. The summed E-state index contributed by atoms with van der Waals surface area (Å²) in [4.78, 5) is 23.1. The fourth-order valence-corrected chi connectivity index (χ4v) is 1.49. The number of esters is 1. The van der Waals surface area contributed by atoms with Gasteiger partial charge in [-0.05, 0) is 24.6 Å². The number of carbonyl (C=O) groups is 2. The minimum absolute atomic E-state index is 0.297. The molecule has 1 N–H and O–H groups in total. The van der Waals surface area contributed by atoms with Gasteiger partial charge in [0, 0.05) is 6.54 Å². The van der Waals surface area contributed by atoms with Gasteiger partial charge in [-0.15, -0.1) is 0 Å². The number of hydrogen-bond donors (Lipinski definition) is 1. The Morgan fingerprint density at radius 3 is 2.45 bits per heavy atom. The quantitative estimate of drug-likeness (QED) is 0.764. The van der Waals surface area contributed by atoms with Crippen LogP contribution in [0.15, 0.2) is 18.2 Å². The normalized spacial score (nSPS) is 9.75. The third-order valence-corrected chi connectivity index (χ3v) is 2.53. The lowest BCUT2D eigenvalue weighted by Gasteiger charge is -2.09. The Bertz CT molecular complexity index is 473. The third-order valence-electron chi connectivity index (χ3n) is 2.53. The molecule has 0 unspecified atom stereocenters. The molecule has 0 fully saturated rings. The molecule has 0 aliphatic carbocycles. The van der Waals surface area contributed by atoms with Crippen LogP contribution in [0.4, 0.5) is 0 Å². The summed E-state index contributed by atoms with van der Waals surface area (Å²) in [5, 5.41) is 2.62. The second kappa shape index (κ2) is 8.04. The fourth-order valence-electron chi connectivity index (χ4n) is 1.49. The van der Waals surface area contributed by atoms with Gasteiger partial charge in [0.2, 0.25) is 0 Å². The molecule has 1 amide bonds. The summed E-state index contributed by atoms with van der Waals surface area (Å²) >= 11 is 0. The van der Waals surface area contributed by atoms with Gasteiger partial charge in [-0.3, -0.25) is 4.79 Å². The van der Waals surface area contributed by atoms with Crippen molar-refractivity contribution in [1.82, 2.24) is 5.32 Å². The summed E-state index contributed by atoms with van der Waals surface area (Å²) in [5.41, 5.74) is 0.297. The summed E-state index contributed by atoms with van der Waals surface area (Å²) in [6.07, 6.45) is 0.829. The molecule has 0 heterocycles. The zero-order valence-corrected chi connectivity index (χ0v) is 11.9. The third kappa shape index (κ3) is 4.46. The first-order valence-electron chi connectivity index (χ1n) is 6.28. The van der Waals surface area contributed by atoms with E-state index in [1.54, 1.807) is 12.1 Å². The Kier molecular flexibility index (Phi) is 6.36. The van der Waals surface area contributed by atoms with Gasteiger partial charge in [0.15, 0.2) is 18.1 Å². The lowest BCUT2D eigenvalue weighted by Crippen LogP contribution is -2.29. The molecule has 0 atom stereocenters. The van der Waals surface area contributed by atoms with Gasteiger partial charge >= 0.3 is 5.97 Å². The lowest BCUT2D eigenvalue weighted by molar-refractivity contribution is -0.124. The van der Waals surface area contributed by atoms with Gasteiger partial charge in [0.1, 0.15) is 0 Å². The first-order chi connectivity index (χ1) is 9.62. The van der Waals surface area contributed by atoms with Gasteiger partial charge in [0.25, 0.3) is 5.91 Å². The molecule has 0 aliphatic heterocycles. The maximum Gasteiger partial charge on any atom is 0.338 e. The Morgan fingerprint density at radius 1 is 1.15 bits per heavy atom. The summed E-state index contributed by atoms with van der Waals surface area (Å²) in [6, 6.07) is 4.66. The van der Waals surface area contributed by atoms with Crippen molar-refractivity contribution >= 4 is 11.9 Å². The van der Waals surface area contributed by atoms with Crippen LogP contribution in [0.2, 0.25) is 0 Å². The predicted octanol–water partition coefficient (Wildman–Crippen LogP) is 1.39. The van der Waals surface area contributed by atoms with Crippen LogP contribution in [0.25, 0.3) is 0 Å². The minimum Gasteiger partial charge on any atom is -0.493 e. The van der Waals surface area contributed by atoms with Crippen LogP contribution in [-0.2, 0) is 9.53 Å². The number of carbonyl (C=O) groups excluding carboxylic acids is 2. The van der Waals surface area contributed by atoms with E-state index in [0.29, 0.717) is 23.6 Å². The zero-order valence-electron chi connectivity index (χ0n) is 11.9.